The minimum atomic E-state index is -0.0309. The lowest BCUT2D eigenvalue weighted by Gasteiger charge is -2.06. The number of fused-ring (bicyclic) bond motifs is 1. The molecule has 3 aromatic rings. The van der Waals surface area contributed by atoms with E-state index in [9.17, 15) is 4.79 Å². The molecule has 0 amide bonds. The number of Topliss-reactive ketones (excluding diaryl/α,β-unsaturated/α-hetero) is 1. The van der Waals surface area contributed by atoms with Crippen LogP contribution in [0.2, 0.25) is 0 Å². The van der Waals surface area contributed by atoms with Crippen molar-refractivity contribution >= 4 is 38.4 Å². The third-order valence-corrected chi connectivity index (χ3v) is 3.86. The SMILES string of the molecule is Cn1c(C(=O)CNc2ccc(Br)cc2)nc2ccccc21. The van der Waals surface area contributed by atoms with E-state index in [0.717, 1.165) is 21.2 Å². The van der Waals surface area contributed by atoms with E-state index in [0.29, 0.717) is 5.82 Å². The van der Waals surface area contributed by atoms with Gasteiger partial charge in [0.2, 0.25) is 5.78 Å². The summed E-state index contributed by atoms with van der Waals surface area (Å²) in [4.78, 5) is 16.7. The number of nitrogens with one attached hydrogen (secondary N) is 1. The molecule has 1 N–H and O–H groups in total. The number of para-hydroxylation sites is 2. The summed E-state index contributed by atoms with van der Waals surface area (Å²) >= 11 is 3.38. The maximum atomic E-state index is 12.3. The van der Waals surface area contributed by atoms with Crippen LogP contribution >= 0.6 is 15.9 Å². The van der Waals surface area contributed by atoms with Gasteiger partial charge in [0.05, 0.1) is 17.6 Å². The standard InChI is InChI=1S/C16H14BrN3O/c1-20-14-5-3-2-4-13(14)19-16(20)15(21)10-18-12-8-6-11(17)7-9-12/h2-9,18H,10H2,1H3. The zero-order valence-electron chi connectivity index (χ0n) is 11.5. The number of imidazole rings is 1. The molecule has 21 heavy (non-hydrogen) atoms. The number of ketones is 1. The number of carbonyl (C=O) groups is 1. The molecule has 0 saturated carbocycles. The first-order chi connectivity index (χ1) is 10.1. The molecule has 0 aliphatic carbocycles. The van der Waals surface area contributed by atoms with Crippen molar-refractivity contribution in [2.45, 2.75) is 0 Å². The fourth-order valence-corrected chi connectivity index (χ4v) is 2.49. The summed E-state index contributed by atoms with van der Waals surface area (Å²) < 4.78 is 2.84. The number of hydrogen-bond donors (Lipinski definition) is 1. The number of carbonyl (C=O) groups excluding carboxylic acids is 1. The number of hydrogen-bond acceptors (Lipinski definition) is 3. The molecule has 4 nitrogen and oxygen atoms in total. The van der Waals surface area contributed by atoms with Crippen molar-refractivity contribution in [2.75, 3.05) is 11.9 Å². The molecule has 0 radical (unpaired) electrons. The Hall–Kier alpha value is -2.14. The van der Waals surface area contributed by atoms with Gasteiger partial charge in [-0.2, -0.15) is 0 Å². The molecule has 1 aromatic heterocycles. The summed E-state index contributed by atoms with van der Waals surface area (Å²) in [5.41, 5.74) is 2.71. The number of benzene rings is 2. The van der Waals surface area contributed by atoms with Crippen molar-refractivity contribution in [1.29, 1.82) is 0 Å². The Bertz CT molecular complexity index is 793. The van der Waals surface area contributed by atoms with E-state index in [2.05, 4.69) is 26.2 Å². The van der Waals surface area contributed by atoms with Gasteiger partial charge in [-0.15, -0.1) is 0 Å². The first-order valence-corrected chi connectivity index (χ1v) is 7.38. The molecule has 0 aliphatic heterocycles. The molecule has 0 atom stereocenters. The van der Waals surface area contributed by atoms with Gasteiger partial charge in [0.1, 0.15) is 0 Å². The summed E-state index contributed by atoms with van der Waals surface area (Å²) in [6.45, 7) is 0.221. The Morgan fingerprint density at radius 2 is 1.90 bits per heavy atom. The fraction of sp³-hybridized carbons (Fsp3) is 0.125. The van der Waals surface area contributed by atoms with Crippen LogP contribution in [0.15, 0.2) is 53.0 Å². The molecular weight excluding hydrogens is 330 g/mol. The zero-order valence-corrected chi connectivity index (χ0v) is 13.1. The summed E-state index contributed by atoms with van der Waals surface area (Å²) in [7, 11) is 1.86. The minimum Gasteiger partial charge on any atom is -0.377 e. The van der Waals surface area contributed by atoms with Gasteiger partial charge in [-0.1, -0.05) is 28.1 Å². The van der Waals surface area contributed by atoms with Crippen LogP contribution < -0.4 is 5.32 Å². The number of anilines is 1. The molecule has 0 spiro atoms. The number of rotatable bonds is 4. The van der Waals surface area contributed by atoms with Crippen LogP contribution in [0, 0.1) is 0 Å². The molecule has 0 saturated heterocycles. The van der Waals surface area contributed by atoms with E-state index in [1.165, 1.54) is 0 Å². The van der Waals surface area contributed by atoms with Crippen LogP contribution in [-0.2, 0) is 7.05 Å². The molecule has 0 bridgehead atoms. The smallest absolute Gasteiger partial charge is 0.217 e. The predicted molar refractivity (Wildman–Crippen MR) is 87.7 cm³/mol. The first-order valence-electron chi connectivity index (χ1n) is 6.59. The molecular formula is C16H14BrN3O. The van der Waals surface area contributed by atoms with Crippen LogP contribution in [0.4, 0.5) is 5.69 Å². The highest BCUT2D eigenvalue weighted by atomic mass is 79.9. The van der Waals surface area contributed by atoms with Crippen LogP contribution in [0.25, 0.3) is 11.0 Å². The highest BCUT2D eigenvalue weighted by molar-refractivity contribution is 9.10. The van der Waals surface area contributed by atoms with Crippen LogP contribution in [0.5, 0.6) is 0 Å². The fourth-order valence-electron chi connectivity index (χ4n) is 2.22. The zero-order chi connectivity index (χ0) is 14.8. The van der Waals surface area contributed by atoms with Gasteiger partial charge in [0.15, 0.2) is 5.82 Å². The second-order valence-corrected chi connectivity index (χ2v) is 5.68. The first kappa shape index (κ1) is 13.8. The summed E-state index contributed by atoms with van der Waals surface area (Å²) in [5.74, 6) is 0.442. The third kappa shape index (κ3) is 2.83. The molecule has 106 valence electrons. The van der Waals surface area contributed by atoms with E-state index < -0.39 is 0 Å². The Labute approximate surface area is 130 Å². The van der Waals surface area contributed by atoms with E-state index in [4.69, 9.17) is 0 Å². The molecule has 5 heteroatoms. The highest BCUT2D eigenvalue weighted by Crippen LogP contribution is 2.16. The molecule has 1 heterocycles. The van der Waals surface area contributed by atoms with Crippen molar-refractivity contribution in [3.63, 3.8) is 0 Å². The monoisotopic (exact) mass is 343 g/mol. The van der Waals surface area contributed by atoms with E-state index in [1.807, 2.05) is 60.1 Å². The predicted octanol–water partition coefficient (Wildman–Crippen LogP) is 3.63. The Balaban J connectivity index is 1.78. The van der Waals surface area contributed by atoms with Crippen molar-refractivity contribution in [3.8, 4) is 0 Å². The van der Waals surface area contributed by atoms with Crippen molar-refractivity contribution in [3.05, 3.63) is 58.8 Å². The summed E-state index contributed by atoms with van der Waals surface area (Å²) in [6, 6.07) is 15.4. The quantitative estimate of drug-likeness (QED) is 0.735. The maximum Gasteiger partial charge on any atom is 0.217 e. The Morgan fingerprint density at radius 1 is 1.19 bits per heavy atom. The Morgan fingerprint density at radius 3 is 2.62 bits per heavy atom. The second-order valence-electron chi connectivity index (χ2n) is 4.77. The Kier molecular flexibility index (Phi) is 3.75. The molecule has 0 fully saturated rings. The average Bonchev–Trinajstić information content (AvgIpc) is 2.84. The number of nitrogens with zero attached hydrogens (tertiary/aromatic N) is 2. The second kappa shape index (κ2) is 5.69. The number of aromatic nitrogens is 2. The van der Waals surface area contributed by atoms with Crippen LogP contribution in [0.1, 0.15) is 10.6 Å². The van der Waals surface area contributed by atoms with Crippen molar-refractivity contribution < 1.29 is 4.79 Å². The largest absolute Gasteiger partial charge is 0.377 e. The molecule has 3 rings (SSSR count). The van der Waals surface area contributed by atoms with Crippen LogP contribution in [0.3, 0.4) is 0 Å². The maximum absolute atomic E-state index is 12.3. The van der Waals surface area contributed by atoms with Gasteiger partial charge >= 0.3 is 0 Å². The summed E-state index contributed by atoms with van der Waals surface area (Å²) in [6.07, 6.45) is 0. The number of halogens is 1. The molecule has 0 aliphatic rings. The lowest BCUT2D eigenvalue weighted by molar-refractivity contribution is 0.0994. The van der Waals surface area contributed by atoms with Gasteiger partial charge in [0, 0.05) is 17.2 Å². The van der Waals surface area contributed by atoms with Crippen molar-refractivity contribution in [1.82, 2.24) is 9.55 Å². The average molecular weight is 344 g/mol. The molecule has 0 unspecified atom stereocenters. The highest BCUT2D eigenvalue weighted by Gasteiger charge is 2.14. The third-order valence-electron chi connectivity index (χ3n) is 3.33. The lowest BCUT2D eigenvalue weighted by Crippen LogP contribution is -2.17. The lowest BCUT2D eigenvalue weighted by atomic mass is 10.3. The molecule has 2 aromatic carbocycles. The van der Waals surface area contributed by atoms with Gasteiger partial charge in [0.25, 0.3) is 0 Å². The normalized spacial score (nSPS) is 10.8. The van der Waals surface area contributed by atoms with Crippen LogP contribution in [-0.4, -0.2) is 21.9 Å². The minimum absolute atomic E-state index is 0.0309. The van der Waals surface area contributed by atoms with Gasteiger partial charge in [-0.3, -0.25) is 4.79 Å². The number of aryl methyl sites for hydroxylation is 1. The van der Waals surface area contributed by atoms with Crippen molar-refractivity contribution in [2.24, 2.45) is 7.05 Å². The van der Waals surface area contributed by atoms with E-state index in [1.54, 1.807) is 0 Å². The summed E-state index contributed by atoms with van der Waals surface area (Å²) in [5, 5.41) is 3.12. The van der Waals surface area contributed by atoms with Gasteiger partial charge < -0.3 is 9.88 Å². The topological polar surface area (TPSA) is 46.9 Å². The van der Waals surface area contributed by atoms with E-state index >= 15 is 0 Å². The van der Waals surface area contributed by atoms with Gasteiger partial charge in [-0.25, -0.2) is 4.98 Å². The van der Waals surface area contributed by atoms with Gasteiger partial charge in [-0.05, 0) is 36.4 Å². The van der Waals surface area contributed by atoms with E-state index in [-0.39, 0.29) is 12.3 Å².